The summed E-state index contributed by atoms with van der Waals surface area (Å²) < 4.78 is 0. The molecule has 0 aliphatic rings. The lowest BCUT2D eigenvalue weighted by Crippen LogP contribution is -2.07. The Bertz CT molecular complexity index is 928. The largest absolute Gasteiger partial charge is 0.257 e. The quantitative estimate of drug-likeness (QED) is 0.412. The Morgan fingerprint density at radius 2 is 0.667 bits per heavy atom. The Morgan fingerprint density at radius 3 is 1.04 bits per heavy atom. The van der Waals surface area contributed by atoms with Crippen LogP contribution in [0.3, 0.4) is 0 Å². The van der Waals surface area contributed by atoms with E-state index in [0.29, 0.717) is 0 Å². The molecule has 4 rings (SSSR count). The van der Waals surface area contributed by atoms with Crippen LogP contribution in [0.25, 0.3) is 0 Å². The molecule has 15 nitrogen and oxygen atoms in total. The van der Waals surface area contributed by atoms with Crippen molar-refractivity contribution in [3.63, 3.8) is 0 Å². The number of hydrogen-bond acceptors (Lipinski definition) is 12. The lowest BCUT2D eigenvalue weighted by atomic mass is 10.7. The molecule has 0 aromatic carbocycles. The minimum Gasteiger partial charge on any atom is -0.225 e. The zero-order chi connectivity index (χ0) is 18.3. The molecule has 3 radical (unpaired) electrons. The minimum atomic E-state index is 0.0371. The van der Waals surface area contributed by atoms with Crippen LogP contribution in [-0.4, -0.2) is 59.8 Å². The predicted octanol–water partition coefficient (Wildman–Crippen LogP) is -0.871. The van der Waals surface area contributed by atoms with Crippen LogP contribution in [-0.2, 0) is 0 Å². The van der Waals surface area contributed by atoms with Gasteiger partial charge in [0.05, 0.1) is 0 Å². The second kappa shape index (κ2) is 7.55. The van der Waals surface area contributed by atoms with Crippen molar-refractivity contribution in [2.24, 2.45) is 0 Å². The first-order chi connectivity index (χ1) is 13.3. The first-order valence-corrected chi connectivity index (χ1v) is 7.12. The van der Waals surface area contributed by atoms with Crippen LogP contribution in [0.15, 0.2) is 38.0 Å². The van der Waals surface area contributed by atoms with Crippen molar-refractivity contribution in [3.8, 4) is 0 Å². The topological polar surface area (TPSA) is 197 Å². The van der Waals surface area contributed by atoms with Gasteiger partial charge < -0.3 is 0 Å². The summed E-state index contributed by atoms with van der Waals surface area (Å²) in [4.78, 5) is 46.6. The molecule has 0 saturated heterocycles. The van der Waals surface area contributed by atoms with E-state index in [2.05, 4.69) is 75.8 Å². The predicted molar refractivity (Wildman–Crippen MR) is 83.7 cm³/mol. The van der Waals surface area contributed by atoms with E-state index in [1.54, 1.807) is 0 Å². The van der Waals surface area contributed by atoms with Crippen molar-refractivity contribution in [3.05, 3.63) is 38.0 Å². The van der Waals surface area contributed by atoms with E-state index in [-0.39, 0.29) is 35.7 Å². The zero-order valence-electron chi connectivity index (χ0n) is 13.2. The zero-order valence-corrected chi connectivity index (χ0v) is 13.2. The normalized spacial score (nSPS) is 10.2. The van der Waals surface area contributed by atoms with Gasteiger partial charge in [0.15, 0.2) is 0 Å². The summed E-state index contributed by atoms with van der Waals surface area (Å²) in [7, 11) is 0. The molecule has 0 saturated carbocycles. The molecule has 4 aromatic heterocycles. The van der Waals surface area contributed by atoms with Crippen LogP contribution in [0.1, 0.15) is 0 Å². The second-order valence-corrected chi connectivity index (χ2v) is 4.38. The van der Waals surface area contributed by atoms with Crippen molar-refractivity contribution in [2.75, 3.05) is 0 Å². The van der Waals surface area contributed by atoms with Gasteiger partial charge in [-0.1, -0.05) is 0 Å². The van der Waals surface area contributed by atoms with E-state index in [4.69, 9.17) is 0 Å². The summed E-state index contributed by atoms with van der Waals surface area (Å²) in [5.41, 5.74) is 0. The smallest absolute Gasteiger partial charge is 0.225 e. The maximum Gasteiger partial charge on any atom is 0.257 e. The third-order valence-electron chi connectivity index (χ3n) is 2.65. The lowest BCUT2D eigenvalue weighted by molar-refractivity contribution is 0.840. The third-order valence-corrected chi connectivity index (χ3v) is 2.65. The highest BCUT2D eigenvalue weighted by atomic mass is 15.3. The molecule has 0 aliphatic heterocycles. The average Bonchev–Trinajstić information content (AvgIpc) is 2.70. The number of rotatable bonds is 6. The summed E-state index contributed by atoms with van der Waals surface area (Å²) in [6, 6.07) is 0. The summed E-state index contributed by atoms with van der Waals surface area (Å²) in [5.74, 6) is 0.518. The Balaban J connectivity index is 1.47. The van der Waals surface area contributed by atoms with Gasteiger partial charge in [-0.3, -0.25) is 0 Å². The summed E-state index contributed by atoms with van der Waals surface area (Å²) in [5, 5.41) is 12.2. The van der Waals surface area contributed by atoms with Crippen LogP contribution in [0.5, 0.6) is 0 Å². The molecule has 27 heavy (non-hydrogen) atoms. The maximum atomic E-state index is 4.09. The van der Waals surface area contributed by atoms with Gasteiger partial charge in [0, 0.05) is 0 Å². The van der Waals surface area contributed by atoms with E-state index >= 15 is 0 Å². The molecular weight excluding hydrogens is 354 g/mol. The fourth-order valence-corrected chi connectivity index (χ4v) is 1.62. The second-order valence-electron chi connectivity index (χ2n) is 4.38. The van der Waals surface area contributed by atoms with Crippen molar-refractivity contribution in [2.45, 2.75) is 0 Å². The third kappa shape index (κ3) is 4.29. The van der Waals surface area contributed by atoms with Crippen LogP contribution in [0, 0.1) is 0 Å². The Morgan fingerprint density at radius 1 is 0.370 bits per heavy atom. The number of aromatic nitrogens is 12. The van der Waals surface area contributed by atoms with Gasteiger partial charge in [-0.25, -0.2) is 9.97 Å². The minimum absolute atomic E-state index is 0.0371. The van der Waals surface area contributed by atoms with Crippen molar-refractivity contribution >= 4 is 35.7 Å². The summed E-state index contributed by atoms with van der Waals surface area (Å²) in [6.07, 6.45) is 7.70. The maximum absolute atomic E-state index is 4.09. The summed E-state index contributed by atoms with van der Waals surface area (Å²) in [6.45, 7) is 0. The van der Waals surface area contributed by atoms with E-state index in [0.717, 1.165) is 0 Å². The van der Waals surface area contributed by atoms with Crippen molar-refractivity contribution in [1.82, 2.24) is 75.8 Å². The highest BCUT2D eigenvalue weighted by Gasteiger charge is 2.10. The molecule has 0 atom stereocenters. The van der Waals surface area contributed by atoms with E-state index in [9.17, 15) is 0 Å². The van der Waals surface area contributed by atoms with Crippen LogP contribution in [0.4, 0.5) is 35.7 Å². The van der Waals surface area contributed by atoms with E-state index in [1.165, 1.54) is 38.0 Å². The SMILES string of the molecule is c1ncnc([N]c2ncnc([N]c3ncnc([N]c4ncncn4)n3)n2)n1. The van der Waals surface area contributed by atoms with E-state index < -0.39 is 0 Å². The molecule has 15 heteroatoms. The Hall–Kier alpha value is -4.56. The van der Waals surface area contributed by atoms with Gasteiger partial charge in [0.25, 0.3) is 35.7 Å². The van der Waals surface area contributed by atoms with Crippen LogP contribution in [0.2, 0.25) is 0 Å². The first kappa shape index (κ1) is 15.9. The summed E-state index contributed by atoms with van der Waals surface area (Å²) >= 11 is 0. The first-order valence-electron chi connectivity index (χ1n) is 7.12. The van der Waals surface area contributed by atoms with E-state index in [1.807, 2.05) is 0 Å². The number of nitrogens with zero attached hydrogens (tertiary/aromatic N) is 15. The molecule has 0 bridgehead atoms. The molecule has 0 amide bonds. The fraction of sp³-hybridized carbons (Fsp3) is 0. The lowest BCUT2D eigenvalue weighted by Gasteiger charge is -2.02. The van der Waals surface area contributed by atoms with Crippen LogP contribution < -0.4 is 16.0 Å². The van der Waals surface area contributed by atoms with Gasteiger partial charge in [-0.2, -0.15) is 65.8 Å². The standard InChI is InChI=1S/C12H6N15/c1-13-2-16-7(15-1)23-9-19-5-21-11(25-9)27-12-22-6-20-10(26-12)24-8-17-3-14-4-18-8/h1-6H. The molecule has 0 fully saturated rings. The highest BCUT2D eigenvalue weighted by Crippen LogP contribution is 2.12. The molecular formula is C12H6N15. The Labute approximate surface area is 150 Å². The van der Waals surface area contributed by atoms with Crippen LogP contribution >= 0.6 is 0 Å². The van der Waals surface area contributed by atoms with Crippen molar-refractivity contribution in [1.29, 1.82) is 0 Å². The monoisotopic (exact) mass is 360 g/mol. The molecule has 0 N–H and O–H groups in total. The van der Waals surface area contributed by atoms with Gasteiger partial charge in [-0.15, -0.1) is 0 Å². The molecule has 4 aromatic rings. The fourth-order valence-electron chi connectivity index (χ4n) is 1.62. The number of hydrogen-bond donors (Lipinski definition) is 0. The molecule has 4 heterocycles. The van der Waals surface area contributed by atoms with Crippen molar-refractivity contribution < 1.29 is 0 Å². The Kier molecular flexibility index (Phi) is 4.46. The molecule has 129 valence electrons. The molecule has 0 aliphatic carbocycles. The molecule has 0 spiro atoms. The highest BCUT2D eigenvalue weighted by molar-refractivity contribution is 5.35. The van der Waals surface area contributed by atoms with Gasteiger partial charge in [0.1, 0.15) is 38.0 Å². The van der Waals surface area contributed by atoms with Gasteiger partial charge in [0.2, 0.25) is 0 Å². The molecule has 0 unspecified atom stereocenters. The average molecular weight is 360 g/mol. The van der Waals surface area contributed by atoms with Gasteiger partial charge in [-0.05, 0) is 0 Å². The van der Waals surface area contributed by atoms with Gasteiger partial charge >= 0.3 is 0 Å².